The predicted octanol–water partition coefficient (Wildman–Crippen LogP) is 5.47. The first-order valence-electron chi connectivity index (χ1n) is 10.2. The van der Waals surface area contributed by atoms with Crippen molar-refractivity contribution in [3.63, 3.8) is 0 Å². The summed E-state index contributed by atoms with van der Waals surface area (Å²) >= 11 is 6.14. The quantitative estimate of drug-likeness (QED) is 0.544. The fraction of sp³-hybridized carbons (Fsp3) is 0.280. The molecule has 30 heavy (non-hydrogen) atoms. The molecule has 0 radical (unpaired) electrons. The van der Waals surface area contributed by atoms with E-state index in [0.717, 1.165) is 29.7 Å². The molecule has 0 unspecified atom stereocenters. The molecular formula is C25H25ClFNO2. The molecule has 0 aliphatic carbocycles. The lowest BCUT2D eigenvalue weighted by Crippen LogP contribution is -2.54. The molecule has 0 bridgehead atoms. The first-order chi connectivity index (χ1) is 14.7. The van der Waals surface area contributed by atoms with Crippen LogP contribution in [0.25, 0.3) is 0 Å². The van der Waals surface area contributed by atoms with E-state index in [0.29, 0.717) is 24.8 Å². The van der Waals surface area contributed by atoms with Gasteiger partial charge >= 0.3 is 0 Å². The molecule has 5 heteroatoms. The molecule has 2 atom stereocenters. The van der Waals surface area contributed by atoms with Gasteiger partial charge < -0.3 is 14.8 Å². The second kappa shape index (κ2) is 9.71. The van der Waals surface area contributed by atoms with Crippen LogP contribution < -0.4 is 5.32 Å². The van der Waals surface area contributed by atoms with E-state index in [1.165, 1.54) is 12.1 Å². The molecule has 1 N–H and O–H groups in total. The lowest BCUT2D eigenvalue weighted by molar-refractivity contribution is -0.176. The fourth-order valence-electron chi connectivity index (χ4n) is 3.90. The number of halogens is 2. The Labute approximate surface area is 181 Å². The molecule has 0 aromatic heterocycles. The molecule has 1 heterocycles. The summed E-state index contributed by atoms with van der Waals surface area (Å²) in [6, 6.07) is 24.4. The first kappa shape index (κ1) is 21.0. The average molecular weight is 426 g/mol. The molecule has 3 aromatic rings. The summed E-state index contributed by atoms with van der Waals surface area (Å²) in [6.45, 7) is 2.36. The van der Waals surface area contributed by atoms with Crippen LogP contribution in [0.1, 0.15) is 23.1 Å². The Hall–Kier alpha value is -2.24. The number of piperidine rings is 1. The minimum Gasteiger partial charge on any atom is -0.369 e. The maximum atomic E-state index is 13.2. The van der Waals surface area contributed by atoms with Crippen LogP contribution in [0.2, 0.25) is 5.02 Å². The Morgan fingerprint density at radius 3 is 2.33 bits per heavy atom. The lowest BCUT2D eigenvalue weighted by Gasteiger charge is -2.44. The zero-order valence-electron chi connectivity index (χ0n) is 16.7. The second-order valence-corrected chi connectivity index (χ2v) is 7.99. The zero-order valence-corrected chi connectivity index (χ0v) is 17.4. The van der Waals surface area contributed by atoms with Crippen molar-refractivity contribution >= 4 is 11.6 Å². The third-order valence-electron chi connectivity index (χ3n) is 5.56. The fourth-order valence-corrected chi connectivity index (χ4v) is 4.03. The molecule has 1 saturated heterocycles. The maximum Gasteiger partial charge on any atom is 0.123 e. The van der Waals surface area contributed by atoms with Crippen LogP contribution in [0, 0.1) is 5.82 Å². The Balaban J connectivity index is 1.60. The predicted molar refractivity (Wildman–Crippen MR) is 117 cm³/mol. The van der Waals surface area contributed by atoms with E-state index in [2.05, 4.69) is 17.4 Å². The second-order valence-electron chi connectivity index (χ2n) is 7.55. The highest BCUT2D eigenvalue weighted by atomic mass is 35.5. The van der Waals surface area contributed by atoms with Crippen molar-refractivity contribution in [2.24, 2.45) is 0 Å². The summed E-state index contributed by atoms with van der Waals surface area (Å²) in [5, 5.41) is 4.11. The minimum atomic E-state index is -0.605. The van der Waals surface area contributed by atoms with Gasteiger partial charge in [0.25, 0.3) is 0 Å². The van der Waals surface area contributed by atoms with Crippen LogP contribution in [-0.2, 0) is 28.3 Å². The smallest absolute Gasteiger partial charge is 0.123 e. The van der Waals surface area contributed by atoms with Crippen molar-refractivity contribution in [1.29, 1.82) is 0 Å². The topological polar surface area (TPSA) is 30.5 Å². The lowest BCUT2D eigenvalue weighted by atomic mass is 9.82. The molecule has 0 amide bonds. The average Bonchev–Trinajstić information content (AvgIpc) is 2.79. The summed E-state index contributed by atoms with van der Waals surface area (Å²) in [5.41, 5.74) is 2.48. The highest BCUT2D eigenvalue weighted by Crippen LogP contribution is 2.38. The first-order valence-corrected chi connectivity index (χ1v) is 10.5. The standard InChI is InChI=1S/C25H25ClFNO2/c26-22-10-8-21(9-11-22)25(30-18-19-4-2-1-3-5-19)14-15-28-16-24(25)29-17-20-6-12-23(27)13-7-20/h1-13,24,28H,14-18H2/t24-,25-/m0/s1. The van der Waals surface area contributed by atoms with Crippen molar-refractivity contribution in [3.8, 4) is 0 Å². The highest BCUT2D eigenvalue weighted by Gasteiger charge is 2.44. The van der Waals surface area contributed by atoms with E-state index in [4.69, 9.17) is 21.1 Å². The van der Waals surface area contributed by atoms with Gasteiger partial charge in [-0.3, -0.25) is 0 Å². The van der Waals surface area contributed by atoms with Crippen molar-refractivity contribution in [3.05, 3.63) is 106 Å². The molecule has 1 aliphatic rings. The van der Waals surface area contributed by atoms with E-state index in [9.17, 15) is 4.39 Å². The SMILES string of the molecule is Fc1ccc(CO[C@H]2CNCC[C@]2(OCc2ccccc2)c2ccc(Cl)cc2)cc1. The molecule has 4 rings (SSSR count). The molecule has 0 spiro atoms. The number of nitrogens with one attached hydrogen (secondary N) is 1. The van der Waals surface area contributed by atoms with Gasteiger partial charge in [-0.15, -0.1) is 0 Å². The molecule has 1 aliphatic heterocycles. The molecule has 1 fully saturated rings. The number of rotatable bonds is 7. The summed E-state index contributed by atoms with van der Waals surface area (Å²) in [5.74, 6) is -0.250. The van der Waals surface area contributed by atoms with Crippen LogP contribution in [0.4, 0.5) is 4.39 Å². The number of hydrogen-bond donors (Lipinski definition) is 1. The maximum absolute atomic E-state index is 13.2. The summed E-state index contributed by atoms with van der Waals surface area (Å²) in [4.78, 5) is 0. The third-order valence-corrected chi connectivity index (χ3v) is 5.81. The van der Waals surface area contributed by atoms with E-state index in [1.54, 1.807) is 12.1 Å². The van der Waals surface area contributed by atoms with Gasteiger partial charge in [-0.25, -0.2) is 4.39 Å². The number of hydrogen-bond acceptors (Lipinski definition) is 3. The molecule has 0 saturated carbocycles. The number of benzene rings is 3. The van der Waals surface area contributed by atoms with Crippen molar-refractivity contribution in [2.75, 3.05) is 13.1 Å². The van der Waals surface area contributed by atoms with Crippen molar-refractivity contribution < 1.29 is 13.9 Å². The van der Waals surface area contributed by atoms with Crippen molar-refractivity contribution in [2.45, 2.75) is 31.3 Å². The highest BCUT2D eigenvalue weighted by molar-refractivity contribution is 6.30. The largest absolute Gasteiger partial charge is 0.369 e. The summed E-state index contributed by atoms with van der Waals surface area (Å²) in [6.07, 6.45) is 0.566. The van der Waals surface area contributed by atoms with Crippen LogP contribution in [0.5, 0.6) is 0 Å². The Kier molecular flexibility index (Phi) is 6.80. The molecule has 156 valence electrons. The van der Waals surface area contributed by atoms with Gasteiger partial charge in [0, 0.05) is 11.6 Å². The van der Waals surface area contributed by atoms with Gasteiger partial charge in [-0.1, -0.05) is 66.2 Å². The van der Waals surface area contributed by atoms with Crippen LogP contribution in [0.15, 0.2) is 78.9 Å². The Bertz CT molecular complexity index is 934. The third kappa shape index (κ3) is 4.90. The van der Waals surface area contributed by atoms with Crippen LogP contribution >= 0.6 is 11.6 Å². The van der Waals surface area contributed by atoms with Gasteiger partial charge in [0.1, 0.15) is 17.5 Å². The summed E-state index contributed by atoms with van der Waals surface area (Å²) < 4.78 is 26.2. The van der Waals surface area contributed by atoms with Gasteiger partial charge in [0.2, 0.25) is 0 Å². The normalized spacial score (nSPS) is 21.5. The Morgan fingerprint density at radius 1 is 0.900 bits per heavy atom. The Morgan fingerprint density at radius 2 is 1.60 bits per heavy atom. The number of ether oxygens (including phenoxy) is 2. The van der Waals surface area contributed by atoms with Crippen LogP contribution in [-0.4, -0.2) is 19.2 Å². The minimum absolute atomic E-state index is 0.207. The molecular weight excluding hydrogens is 401 g/mol. The van der Waals surface area contributed by atoms with E-state index < -0.39 is 5.60 Å². The molecule has 3 nitrogen and oxygen atoms in total. The van der Waals surface area contributed by atoms with Crippen molar-refractivity contribution in [1.82, 2.24) is 5.32 Å². The molecule has 3 aromatic carbocycles. The van der Waals surface area contributed by atoms with Gasteiger partial charge in [0.15, 0.2) is 0 Å². The summed E-state index contributed by atoms with van der Waals surface area (Å²) in [7, 11) is 0. The monoisotopic (exact) mass is 425 g/mol. The van der Waals surface area contributed by atoms with Gasteiger partial charge in [-0.2, -0.15) is 0 Å². The van der Waals surface area contributed by atoms with Gasteiger partial charge in [0.05, 0.1) is 13.2 Å². The van der Waals surface area contributed by atoms with E-state index in [-0.39, 0.29) is 11.9 Å². The van der Waals surface area contributed by atoms with E-state index in [1.807, 2.05) is 42.5 Å². The zero-order chi connectivity index (χ0) is 20.8. The van der Waals surface area contributed by atoms with Crippen LogP contribution in [0.3, 0.4) is 0 Å². The van der Waals surface area contributed by atoms with Gasteiger partial charge in [-0.05, 0) is 53.9 Å². The van der Waals surface area contributed by atoms with E-state index >= 15 is 0 Å².